The molecule has 0 radical (unpaired) electrons. The molecule has 4 saturated heterocycles. The van der Waals surface area contributed by atoms with Gasteiger partial charge in [-0.3, -0.25) is 24.5 Å². The number of nitriles is 1. The number of hydrogen-bond acceptors (Lipinski definition) is 10. The Bertz CT molecular complexity index is 2160. The molecule has 6 heterocycles. The van der Waals surface area contributed by atoms with Gasteiger partial charge in [0.05, 0.1) is 40.1 Å². The lowest BCUT2D eigenvalue weighted by Gasteiger charge is -2.55. The van der Waals surface area contributed by atoms with Gasteiger partial charge in [-0.25, -0.2) is 4.79 Å². The number of fused-ring (bicyclic) bond motifs is 3. The van der Waals surface area contributed by atoms with E-state index in [1.165, 1.54) is 6.42 Å². The zero-order valence-electron chi connectivity index (χ0n) is 31.1. The Labute approximate surface area is 330 Å². The second-order valence-electron chi connectivity index (χ2n) is 16.0. The second kappa shape index (κ2) is 15.3. The molecule has 2 unspecified atom stereocenters. The van der Waals surface area contributed by atoms with Crippen LogP contribution in [0.4, 0.5) is 16.3 Å². The fourth-order valence-electron chi connectivity index (χ4n) is 9.55. The van der Waals surface area contributed by atoms with E-state index in [1.54, 1.807) is 29.2 Å². The topological polar surface area (TPSA) is 162 Å². The van der Waals surface area contributed by atoms with Crippen molar-refractivity contribution < 1.29 is 19.1 Å². The third kappa shape index (κ3) is 7.25. The lowest BCUT2D eigenvalue weighted by atomic mass is 9.61. The van der Waals surface area contributed by atoms with Crippen LogP contribution < -0.4 is 25.2 Å². The summed E-state index contributed by atoms with van der Waals surface area (Å²) in [5.41, 5.74) is 2.57. The smallest absolute Gasteiger partial charge is 0.328 e. The van der Waals surface area contributed by atoms with Gasteiger partial charge in [0.25, 0.3) is 5.91 Å². The number of likely N-dealkylation sites (tertiary alicyclic amines) is 1. The monoisotopic (exact) mass is 776 g/mol. The molecule has 4 amide bonds. The number of aromatic nitrogens is 4. The third-order valence-electron chi connectivity index (χ3n) is 12.6. The van der Waals surface area contributed by atoms with Crippen LogP contribution in [0.25, 0.3) is 10.9 Å². The van der Waals surface area contributed by atoms with E-state index in [4.69, 9.17) is 26.7 Å². The summed E-state index contributed by atoms with van der Waals surface area (Å²) in [5.74, 6) is 2.98. The van der Waals surface area contributed by atoms with E-state index in [0.29, 0.717) is 52.4 Å². The van der Waals surface area contributed by atoms with Gasteiger partial charge in [-0.15, -0.1) is 10.2 Å². The first-order valence-corrected chi connectivity index (χ1v) is 20.2. The van der Waals surface area contributed by atoms with Crippen LogP contribution in [-0.4, -0.2) is 94.1 Å². The molecule has 290 valence electrons. The Morgan fingerprint density at radius 1 is 0.982 bits per heavy atom. The summed E-state index contributed by atoms with van der Waals surface area (Å²) in [6.45, 7) is 5.46. The average molecular weight is 777 g/mol. The first-order chi connectivity index (χ1) is 27.3. The number of nitrogens with one attached hydrogen (secondary N) is 2. The van der Waals surface area contributed by atoms with Crippen molar-refractivity contribution in [3.63, 3.8) is 0 Å². The van der Waals surface area contributed by atoms with Gasteiger partial charge in [-0.05, 0) is 99.1 Å². The van der Waals surface area contributed by atoms with E-state index in [1.807, 2.05) is 24.4 Å². The highest BCUT2D eigenvalue weighted by Crippen LogP contribution is 2.47. The van der Waals surface area contributed by atoms with Crippen molar-refractivity contribution in [1.82, 2.24) is 35.5 Å². The van der Waals surface area contributed by atoms with Crippen LogP contribution in [0.2, 0.25) is 5.02 Å². The Morgan fingerprint density at radius 2 is 1.79 bits per heavy atom. The fourth-order valence-corrected chi connectivity index (χ4v) is 9.76. The maximum absolute atomic E-state index is 13.1. The largest absolute Gasteiger partial charge is 0.490 e. The standard InChI is InChI=1S/C41H45ClN10O4/c42-34-19-31(7-4-25(34)20-43)56-30-8-5-28(6-9-30)45-40(54)35-10-11-38(48-47-35)50-22-26-18-27(23-50)33(26)24-49-15-12-29(13-16-49)52-37-3-1-2-36(32(37)21-44-52)51-17-14-39(53)46-41(51)55/h1-4,7,10-11,19,21,26-30,33H,5-6,8-9,12-18,22-24H2,(H,45,54)(H,46,53,55). The molecule has 2 aliphatic carbocycles. The summed E-state index contributed by atoms with van der Waals surface area (Å²) in [7, 11) is 0. The summed E-state index contributed by atoms with van der Waals surface area (Å²) in [5, 5.41) is 29.6. The van der Waals surface area contributed by atoms with Crippen molar-refractivity contribution >= 4 is 51.9 Å². The van der Waals surface area contributed by atoms with E-state index >= 15 is 0 Å². The molecule has 6 fully saturated rings. The van der Waals surface area contributed by atoms with Gasteiger partial charge in [0.15, 0.2) is 11.5 Å². The van der Waals surface area contributed by atoms with Gasteiger partial charge in [0, 0.05) is 63.2 Å². The minimum Gasteiger partial charge on any atom is -0.490 e. The minimum absolute atomic E-state index is 0.0339. The van der Waals surface area contributed by atoms with Crippen LogP contribution in [0.15, 0.2) is 54.7 Å². The Hall–Kier alpha value is -5.26. The van der Waals surface area contributed by atoms with Crippen LogP contribution >= 0.6 is 11.6 Å². The molecular formula is C41H45ClN10O4. The maximum atomic E-state index is 13.1. The van der Waals surface area contributed by atoms with E-state index in [-0.39, 0.29) is 36.4 Å². The normalized spacial score (nSPS) is 25.7. The van der Waals surface area contributed by atoms with Crippen molar-refractivity contribution in [2.75, 3.05) is 49.1 Å². The maximum Gasteiger partial charge on any atom is 0.328 e. The zero-order chi connectivity index (χ0) is 38.3. The number of carbonyl (C=O) groups is 3. The molecule has 0 spiro atoms. The Kier molecular flexibility index (Phi) is 9.97. The molecular weight excluding hydrogens is 732 g/mol. The number of urea groups is 1. The van der Waals surface area contributed by atoms with Crippen molar-refractivity contribution in [2.24, 2.45) is 17.8 Å². The molecule has 2 saturated carbocycles. The van der Waals surface area contributed by atoms with E-state index in [9.17, 15) is 14.4 Å². The molecule has 2 aromatic carbocycles. The lowest BCUT2D eigenvalue weighted by molar-refractivity contribution is -0.120. The van der Waals surface area contributed by atoms with E-state index in [2.05, 4.69) is 47.4 Å². The Balaban J connectivity index is 0.724. The van der Waals surface area contributed by atoms with Crippen molar-refractivity contribution in [3.05, 3.63) is 71.0 Å². The van der Waals surface area contributed by atoms with Crippen molar-refractivity contribution in [3.8, 4) is 11.8 Å². The molecule has 56 heavy (non-hydrogen) atoms. The summed E-state index contributed by atoms with van der Waals surface area (Å²) in [6, 6.07) is 16.8. The lowest BCUT2D eigenvalue weighted by Crippen LogP contribution is -2.58. The summed E-state index contributed by atoms with van der Waals surface area (Å²) in [6.07, 6.45) is 8.70. The fraction of sp³-hybridized carbons (Fsp3) is 0.488. The number of nitrogens with zero attached hydrogens (tertiary/aromatic N) is 8. The van der Waals surface area contributed by atoms with Gasteiger partial charge in [-0.2, -0.15) is 10.4 Å². The van der Waals surface area contributed by atoms with Crippen LogP contribution in [0.5, 0.6) is 5.75 Å². The zero-order valence-corrected chi connectivity index (χ0v) is 31.9. The Morgan fingerprint density at radius 3 is 2.50 bits per heavy atom. The molecule has 2 bridgehead atoms. The van der Waals surface area contributed by atoms with Gasteiger partial charge in [0.2, 0.25) is 5.91 Å². The summed E-state index contributed by atoms with van der Waals surface area (Å²) in [4.78, 5) is 43.9. The van der Waals surface area contributed by atoms with Gasteiger partial charge in [-0.1, -0.05) is 17.7 Å². The second-order valence-corrected chi connectivity index (χ2v) is 16.4. The molecule has 2 atom stereocenters. The molecule has 15 heteroatoms. The van der Waals surface area contributed by atoms with Gasteiger partial charge >= 0.3 is 6.03 Å². The highest BCUT2D eigenvalue weighted by molar-refractivity contribution is 6.31. The van der Waals surface area contributed by atoms with Crippen LogP contribution in [-0.2, 0) is 4.79 Å². The number of hydrogen-bond donors (Lipinski definition) is 2. The van der Waals surface area contributed by atoms with E-state index in [0.717, 1.165) is 93.7 Å². The highest BCUT2D eigenvalue weighted by Gasteiger charge is 2.47. The number of anilines is 2. The molecule has 2 N–H and O–H groups in total. The number of imide groups is 1. The quantitative estimate of drug-likeness (QED) is 0.228. The van der Waals surface area contributed by atoms with Crippen molar-refractivity contribution in [1.29, 1.82) is 5.26 Å². The summed E-state index contributed by atoms with van der Waals surface area (Å²) < 4.78 is 8.23. The van der Waals surface area contributed by atoms with Crippen molar-refractivity contribution in [2.45, 2.75) is 69.6 Å². The average Bonchev–Trinajstić information content (AvgIpc) is 3.66. The third-order valence-corrected chi connectivity index (χ3v) is 13.0. The predicted octanol–water partition coefficient (Wildman–Crippen LogP) is 5.33. The SMILES string of the molecule is N#Cc1ccc(OC2CCC(NC(=O)c3ccc(N4CC5CC(C4)C5CN4CCC(n5ncc6c(N7CCC(=O)NC7=O)cccc65)CC4)nn3)CC2)cc1Cl. The number of benzene rings is 2. The number of carbonyl (C=O) groups excluding carboxylic acids is 3. The highest BCUT2D eigenvalue weighted by atomic mass is 35.5. The predicted molar refractivity (Wildman–Crippen MR) is 210 cm³/mol. The summed E-state index contributed by atoms with van der Waals surface area (Å²) >= 11 is 6.16. The molecule has 6 aliphatic rings. The van der Waals surface area contributed by atoms with Gasteiger partial charge < -0.3 is 19.9 Å². The number of piperidine rings is 3. The number of amides is 4. The van der Waals surface area contributed by atoms with Crippen LogP contribution in [0.3, 0.4) is 0 Å². The minimum atomic E-state index is -0.379. The van der Waals surface area contributed by atoms with E-state index < -0.39 is 0 Å². The molecule has 10 rings (SSSR count). The molecule has 2 aromatic heterocycles. The van der Waals surface area contributed by atoms with Crippen LogP contribution in [0.1, 0.15) is 73.5 Å². The molecule has 14 nitrogen and oxygen atoms in total. The first-order valence-electron chi connectivity index (χ1n) is 19.9. The number of halogens is 1. The number of ether oxygens (including phenoxy) is 1. The van der Waals surface area contributed by atoms with Gasteiger partial charge in [0.1, 0.15) is 11.8 Å². The van der Waals surface area contributed by atoms with Crippen LogP contribution in [0, 0.1) is 29.1 Å². The molecule has 4 aromatic rings. The number of rotatable bonds is 9. The first kappa shape index (κ1) is 36.4. The molecule has 4 aliphatic heterocycles.